The van der Waals surface area contributed by atoms with Gasteiger partial charge in [0.05, 0.1) is 11.4 Å². The highest BCUT2D eigenvalue weighted by Crippen LogP contribution is 2.30. The van der Waals surface area contributed by atoms with Crippen molar-refractivity contribution in [3.8, 4) is 22.6 Å². The molecule has 0 saturated heterocycles. The summed E-state index contributed by atoms with van der Waals surface area (Å²) in [6, 6.07) is 24.2. The standard InChI is InChI=1S/C28H29F2N3/c1-3-4-18-33(19-23-24(29)16-11-17-25(23)30)20-26-27(21-12-7-5-8-13-21)31-28(32(26)2)22-14-9-6-10-15-22/h5-17H,3-4,18-20H2,1-2H3. The number of halogens is 2. The Bertz CT molecular complexity index is 1170. The Morgan fingerprint density at radius 3 is 2.00 bits per heavy atom. The summed E-state index contributed by atoms with van der Waals surface area (Å²) in [5.74, 6) is -0.138. The molecule has 1 heterocycles. The van der Waals surface area contributed by atoms with Gasteiger partial charge in [0.2, 0.25) is 0 Å². The Balaban J connectivity index is 1.75. The van der Waals surface area contributed by atoms with Gasteiger partial charge < -0.3 is 4.57 Å². The van der Waals surface area contributed by atoms with Crippen molar-refractivity contribution in [2.45, 2.75) is 32.9 Å². The van der Waals surface area contributed by atoms with Gasteiger partial charge in [-0.05, 0) is 25.1 Å². The molecule has 0 spiro atoms. The highest BCUT2D eigenvalue weighted by molar-refractivity contribution is 5.68. The molecule has 4 aromatic rings. The Kier molecular flexibility index (Phi) is 7.30. The van der Waals surface area contributed by atoms with E-state index in [-0.39, 0.29) is 12.1 Å². The van der Waals surface area contributed by atoms with E-state index < -0.39 is 11.6 Å². The number of hydrogen-bond acceptors (Lipinski definition) is 2. The molecule has 0 radical (unpaired) electrons. The second-order valence-corrected chi connectivity index (χ2v) is 8.29. The first-order valence-corrected chi connectivity index (χ1v) is 11.4. The average Bonchev–Trinajstić information content (AvgIpc) is 3.16. The van der Waals surface area contributed by atoms with E-state index in [1.54, 1.807) is 0 Å². The van der Waals surface area contributed by atoms with Crippen molar-refractivity contribution in [3.63, 3.8) is 0 Å². The van der Waals surface area contributed by atoms with Gasteiger partial charge in [-0.15, -0.1) is 0 Å². The van der Waals surface area contributed by atoms with E-state index in [1.165, 1.54) is 18.2 Å². The van der Waals surface area contributed by atoms with Crippen molar-refractivity contribution in [2.24, 2.45) is 7.05 Å². The van der Waals surface area contributed by atoms with Gasteiger partial charge in [0, 0.05) is 36.8 Å². The molecule has 3 nitrogen and oxygen atoms in total. The van der Waals surface area contributed by atoms with Crippen molar-refractivity contribution in [3.05, 3.63) is 102 Å². The number of aromatic nitrogens is 2. The van der Waals surface area contributed by atoms with Gasteiger partial charge in [0.1, 0.15) is 17.5 Å². The van der Waals surface area contributed by atoms with E-state index in [1.807, 2.05) is 67.7 Å². The van der Waals surface area contributed by atoms with Crippen LogP contribution in [0.3, 0.4) is 0 Å². The zero-order chi connectivity index (χ0) is 23.2. The van der Waals surface area contributed by atoms with Crippen LogP contribution in [0.2, 0.25) is 0 Å². The molecule has 1 aromatic heterocycles. The van der Waals surface area contributed by atoms with Gasteiger partial charge in [-0.3, -0.25) is 4.90 Å². The van der Waals surface area contributed by atoms with Crippen LogP contribution in [0.15, 0.2) is 78.9 Å². The normalized spacial score (nSPS) is 11.3. The maximum Gasteiger partial charge on any atom is 0.140 e. The number of unbranched alkanes of at least 4 members (excludes halogenated alkanes) is 1. The predicted molar refractivity (Wildman–Crippen MR) is 129 cm³/mol. The molecule has 0 bridgehead atoms. The molecule has 0 saturated carbocycles. The van der Waals surface area contributed by atoms with Gasteiger partial charge in [-0.2, -0.15) is 0 Å². The predicted octanol–water partition coefficient (Wildman–Crippen LogP) is 6.83. The summed E-state index contributed by atoms with van der Waals surface area (Å²) >= 11 is 0. The SMILES string of the molecule is CCCCN(Cc1c(F)cccc1F)Cc1c(-c2ccccc2)nc(-c2ccccc2)n1C. The summed E-state index contributed by atoms with van der Waals surface area (Å²) in [6.07, 6.45) is 1.95. The van der Waals surface area contributed by atoms with E-state index in [0.717, 1.165) is 47.7 Å². The first-order valence-electron chi connectivity index (χ1n) is 11.4. The maximum absolute atomic E-state index is 14.4. The lowest BCUT2D eigenvalue weighted by Crippen LogP contribution is -2.26. The largest absolute Gasteiger partial charge is 0.329 e. The number of imidazole rings is 1. The van der Waals surface area contributed by atoms with Crippen molar-refractivity contribution in [2.75, 3.05) is 6.54 Å². The molecule has 4 rings (SSSR count). The monoisotopic (exact) mass is 445 g/mol. The van der Waals surface area contributed by atoms with Crippen LogP contribution in [-0.4, -0.2) is 21.0 Å². The van der Waals surface area contributed by atoms with E-state index in [2.05, 4.69) is 16.4 Å². The molecular formula is C28H29F2N3. The van der Waals surface area contributed by atoms with Crippen LogP contribution in [0.1, 0.15) is 31.0 Å². The van der Waals surface area contributed by atoms with Crippen molar-refractivity contribution < 1.29 is 8.78 Å². The Labute approximate surface area is 194 Å². The highest BCUT2D eigenvalue weighted by atomic mass is 19.1. The number of hydrogen-bond donors (Lipinski definition) is 0. The van der Waals surface area contributed by atoms with Crippen molar-refractivity contribution in [1.29, 1.82) is 0 Å². The number of nitrogens with zero attached hydrogens (tertiary/aromatic N) is 3. The zero-order valence-electron chi connectivity index (χ0n) is 19.1. The molecule has 0 N–H and O–H groups in total. The lowest BCUT2D eigenvalue weighted by Gasteiger charge is -2.24. The molecule has 0 aliphatic carbocycles. The average molecular weight is 446 g/mol. The third kappa shape index (κ3) is 5.20. The number of rotatable bonds is 9. The molecule has 33 heavy (non-hydrogen) atoms. The van der Waals surface area contributed by atoms with Crippen molar-refractivity contribution in [1.82, 2.24) is 14.5 Å². The van der Waals surface area contributed by atoms with E-state index >= 15 is 0 Å². The van der Waals surface area contributed by atoms with Crippen LogP contribution in [0.5, 0.6) is 0 Å². The second kappa shape index (κ2) is 10.5. The Morgan fingerprint density at radius 1 is 0.788 bits per heavy atom. The Morgan fingerprint density at radius 2 is 1.39 bits per heavy atom. The number of benzene rings is 3. The molecule has 5 heteroatoms. The molecule has 0 unspecified atom stereocenters. The lowest BCUT2D eigenvalue weighted by atomic mass is 10.1. The minimum Gasteiger partial charge on any atom is -0.329 e. The summed E-state index contributed by atoms with van der Waals surface area (Å²) < 4.78 is 31.0. The van der Waals surface area contributed by atoms with Crippen LogP contribution in [-0.2, 0) is 20.1 Å². The molecule has 0 aliphatic rings. The molecular weight excluding hydrogens is 416 g/mol. The Hall–Kier alpha value is -3.31. The van der Waals surface area contributed by atoms with E-state index in [9.17, 15) is 8.78 Å². The van der Waals surface area contributed by atoms with Gasteiger partial charge in [0.25, 0.3) is 0 Å². The van der Waals surface area contributed by atoms with Crippen molar-refractivity contribution >= 4 is 0 Å². The maximum atomic E-state index is 14.4. The third-order valence-electron chi connectivity index (χ3n) is 5.94. The summed E-state index contributed by atoms with van der Waals surface area (Å²) in [5, 5.41) is 0. The summed E-state index contributed by atoms with van der Waals surface area (Å²) in [6.45, 7) is 3.60. The van der Waals surface area contributed by atoms with Gasteiger partial charge in [0.15, 0.2) is 0 Å². The summed E-state index contributed by atoms with van der Waals surface area (Å²) in [7, 11) is 2.01. The summed E-state index contributed by atoms with van der Waals surface area (Å²) in [5.41, 5.74) is 4.09. The van der Waals surface area contributed by atoms with Crippen LogP contribution in [0.25, 0.3) is 22.6 Å². The van der Waals surface area contributed by atoms with Gasteiger partial charge in [-0.25, -0.2) is 13.8 Å². The fraction of sp³-hybridized carbons (Fsp3) is 0.250. The fourth-order valence-corrected chi connectivity index (χ4v) is 4.10. The fourth-order valence-electron chi connectivity index (χ4n) is 4.10. The molecule has 0 fully saturated rings. The van der Waals surface area contributed by atoms with Crippen LogP contribution < -0.4 is 0 Å². The molecule has 170 valence electrons. The van der Waals surface area contributed by atoms with E-state index in [0.29, 0.717) is 6.54 Å². The minimum atomic E-state index is -0.505. The van der Waals surface area contributed by atoms with Gasteiger partial charge in [-0.1, -0.05) is 80.1 Å². The second-order valence-electron chi connectivity index (χ2n) is 8.29. The smallest absolute Gasteiger partial charge is 0.140 e. The first kappa shape index (κ1) is 22.9. The quantitative estimate of drug-likeness (QED) is 0.281. The summed E-state index contributed by atoms with van der Waals surface area (Å²) in [4.78, 5) is 7.13. The minimum absolute atomic E-state index is 0.111. The molecule has 0 amide bonds. The molecule has 0 aliphatic heterocycles. The first-order chi connectivity index (χ1) is 16.1. The molecule has 0 atom stereocenters. The van der Waals surface area contributed by atoms with Crippen LogP contribution >= 0.6 is 0 Å². The lowest BCUT2D eigenvalue weighted by molar-refractivity contribution is 0.240. The topological polar surface area (TPSA) is 21.1 Å². The highest BCUT2D eigenvalue weighted by Gasteiger charge is 2.21. The van der Waals surface area contributed by atoms with Gasteiger partial charge >= 0.3 is 0 Å². The van der Waals surface area contributed by atoms with Crippen LogP contribution in [0.4, 0.5) is 8.78 Å². The molecule has 3 aromatic carbocycles. The zero-order valence-corrected chi connectivity index (χ0v) is 19.1. The van der Waals surface area contributed by atoms with E-state index in [4.69, 9.17) is 4.98 Å². The van der Waals surface area contributed by atoms with Crippen LogP contribution in [0, 0.1) is 11.6 Å². The third-order valence-corrected chi connectivity index (χ3v) is 5.94.